The SMILES string of the molecule is CONC(=O)/C=C/c1ccncc1. The molecule has 0 aromatic carbocycles. The van der Waals surface area contributed by atoms with Gasteiger partial charge in [-0.05, 0) is 23.8 Å². The summed E-state index contributed by atoms with van der Waals surface area (Å²) >= 11 is 0. The number of rotatable bonds is 3. The van der Waals surface area contributed by atoms with Gasteiger partial charge in [-0.15, -0.1) is 0 Å². The van der Waals surface area contributed by atoms with Crippen LogP contribution in [0.2, 0.25) is 0 Å². The molecule has 0 aliphatic heterocycles. The van der Waals surface area contributed by atoms with E-state index in [2.05, 4.69) is 15.3 Å². The summed E-state index contributed by atoms with van der Waals surface area (Å²) in [6.07, 6.45) is 6.39. The van der Waals surface area contributed by atoms with E-state index in [1.54, 1.807) is 30.6 Å². The fourth-order valence-electron chi connectivity index (χ4n) is 0.781. The number of hydrogen-bond acceptors (Lipinski definition) is 3. The largest absolute Gasteiger partial charge is 0.277 e. The first-order valence-electron chi connectivity index (χ1n) is 3.74. The summed E-state index contributed by atoms with van der Waals surface area (Å²) in [4.78, 5) is 19.2. The number of nitrogens with one attached hydrogen (secondary N) is 1. The van der Waals surface area contributed by atoms with E-state index in [1.165, 1.54) is 13.2 Å². The predicted molar refractivity (Wildman–Crippen MR) is 48.4 cm³/mol. The van der Waals surface area contributed by atoms with Crippen molar-refractivity contribution in [2.45, 2.75) is 0 Å². The molecule has 0 unspecified atom stereocenters. The number of hydroxylamine groups is 1. The van der Waals surface area contributed by atoms with E-state index in [9.17, 15) is 4.79 Å². The second kappa shape index (κ2) is 5.05. The van der Waals surface area contributed by atoms with Crippen molar-refractivity contribution in [2.75, 3.05) is 7.11 Å². The third kappa shape index (κ3) is 3.48. The summed E-state index contributed by atoms with van der Waals surface area (Å²) in [6.45, 7) is 0. The average molecular weight is 178 g/mol. The van der Waals surface area contributed by atoms with Gasteiger partial charge in [0, 0.05) is 18.5 Å². The maximum Gasteiger partial charge on any atom is 0.267 e. The standard InChI is InChI=1S/C9H10N2O2/c1-13-11-9(12)3-2-8-4-6-10-7-5-8/h2-7H,1H3,(H,11,12)/b3-2+. The van der Waals surface area contributed by atoms with Gasteiger partial charge in [-0.25, -0.2) is 5.48 Å². The van der Waals surface area contributed by atoms with Crippen LogP contribution in [0.5, 0.6) is 0 Å². The van der Waals surface area contributed by atoms with Crippen molar-refractivity contribution in [3.8, 4) is 0 Å². The van der Waals surface area contributed by atoms with E-state index in [4.69, 9.17) is 0 Å². The van der Waals surface area contributed by atoms with Crippen LogP contribution in [0.1, 0.15) is 5.56 Å². The summed E-state index contributed by atoms with van der Waals surface area (Å²) in [5, 5.41) is 0. The Morgan fingerprint density at radius 1 is 1.54 bits per heavy atom. The minimum Gasteiger partial charge on any atom is -0.277 e. The second-order valence-corrected chi connectivity index (χ2v) is 2.28. The predicted octanol–water partition coefficient (Wildman–Crippen LogP) is 0.772. The minimum absolute atomic E-state index is 0.292. The molecule has 1 aromatic heterocycles. The zero-order chi connectivity index (χ0) is 9.52. The Hall–Kier alpha value is -1.68. The van der Waals surface area contributed by atoms with E-state index in [0.29, 0.717) is 0 Å². The van der Waals surface area contributed by atoms with Gasteiger partial charge in [0.05, 0.1) is 7.11 Å². The number of carbonyl (C=O) groups excluding carboxylic acids is 1. The Labute approximate surface area is 76.2 Å². The molecule has 0 fully saturated rings. The van der Waals surface area contributed by atoms with Crippen LogP contribution < -0.4 is 5.48 Å². The third-order valence-electron chi connectivity index (χ3n) is 1.34. The maximum absolute atomic E-state index is 10.9. The Morgan fingerprint density at radius 2 is 2.23 bits per heavy atom. The third-order valence-corrected chi connectivity index (χ3v) is 1.34. The molecule has 13 heavy (non-hydrogen) atoms. The Bertz CT molecular complexity index is 296. The molecule has 4 heteroatoms. The summed E-state index contributed by atoms with van der Waals surface area (Å²) in [5.41, 5.74) is 3.09. The molecule has 0 bridgehead atoms. The van der Waals surface area contributed by atoms with Gasteiger partial charge in [-0.1, -0.05) is 0 Å². The van der Waals surface area contributed by atoms with Gasteiger partial charge < -0.3 is 0 Å². The monoisotopic (exact) mass is 178 g/mol. The molecule has 0 atom stereocenters. The fourth-order valence-corrected chi connectivity index (χ4v) is 0.781. The first-order chi connectivity index (χ1) is 6.33. The van der Waals surface area contributed by atoms with Crippen LogP contribution in [-0.2, 0) is 9.63 Å². The summed E-state index contributed by atoms with van der Waals surface area (Å²) in [6, 6.07) is 3.60. The van der Waals surface area contributed by atoms with Gasteiger partial charge in [0.1, 0.15) is 0 Å². The van der Waals surface area contributed by atoms with Crippen LogP contribution in [0.15, 0.2) is 30.6 Å². The molecule has 1 rings (SSSR count). The molecule has 4 nitrogen and oxygen atoms in total. The lowest BCUT2D eigenvalue weighted by molar-refractivity contribution is -0.126. The molecular weight excluding hydrogens is 168 g/mol. The molecular formula is C9H10N2O2. The van der Waals surface area contributed by atoms with Crippen LogP contribution in [0.25, 0.3) is 6.08 Å². The van der Waals surface area contributed by atoms with Crippen LogP contribution in [0.4, 0.5) is 0 Å². The van der Waals surface area contributed by atoms with Crippen molar-refractivity contribution in [3.05, 3.63) is 36.2 Å². The van der Waals surface area contributed by atoms with Crippen molar-refractivity contribution in [1.29, 1.82) is 0 Å². The first-order valence-corrected chi connectivity index (χ1v) is 3.74. The number of amides is 1. The molecule has 0 saturated carbocycles. The van der Waals surface area contributed by atoms with Gasteiger partial charge >= 0.3 is 0 Å². The maximum atomic E-state index is 10.9. The molecule has 0 spiro atoms. The summed E-state index contributed by atoms with van der Waals surface area (Å²) < 4.78 is 0. The van der Waals surface area contributed by atoms with Gasteiger partial charge in [0.25, 0.3) is 5.91 Å². The molecule has 1 N–H and O–H groups in total. The highest BCUT2D eigenvalue weighted by Crippen LogP contribution is 1.98. The van der Waals surface area contributed by atoms with Crippen LogP contribution in [-0.4, -0.2) is 18.0 Å². The van der Waals surface area contributed by atoms with Gasteiger partial charge in [0.15, 0.2) is 0 Å². The highest BCUT2D eigenvalue weighted by molar-refractivity contribution is 5.90. The zero-order valence-corrected chi connectivity index (χ0v) is 7.23. The van der Waals surface area contributed by atoms with E-state index in [1.807, 2.05) is 0 Å². The number of pyridine rings is 1. The topological polar surface area (TPSA) is 51.2 Å². The smallest absolute Gasteiger partial charge is 0.267 e. The van der Waals surface area contributed by atoms with Gasteiger partial charge in [0.2, 0.25) is 0 Å². The first kappa shape index (κ1) is 9.41. The minimum atomic E-state index is -0.292. The fraction of sp³-hybridized carbons (Fsp3) is 0.111. The lowest BCUT2D eigenvalue weighted by Crippen LogP contribution is -2.18. The van der Waals surface area contributed by atoms with Crippen LogP contribution in [0.3, 0.4) is 0 Å². The quantitative estimate of drug-likeness (QED) is 0.549. The van der Waals surface area contributed by atoms with E-state index in [0.717, 1.165) is 5.56 Å². The zero-order valence-electron chi connectivity index (χ0n) is 7.23. The van der Waals surface area contributed by atoms with Gasteiger partial charge in [-0.2, -0.15) is 0 Å². The number of aromatic nitrogens is 1. The van der Waals surface area contributed by atoms with Crippen LogP contribution >= 0.6 is 0 Å². The molecule has 0 radical (unpaired) electrons. The molecule has 1 amide bonds. The lowest BCUT2D eigenvalue weighted by Gasteiger charge is -1.94. The highest BCUT2D eigenvalue weighted by atomic mass is 16.6. The Morgan fingerprint density at radius 3 is 2.85 bits per heavy atom. The number of hydrogen-bond donors (Lipinski definition) is 1. The molecule has 68 valence electrons. The molecule has 0 aliphatic rings. The van der Waals surface area contributed by atoms with Crippen molar-refractivity contribution >= 4 is 12.0 Å². The van der Waals surface area contributed by atoms with E-state index >= 15 is 0 Å². The normalized spacial score (nSPS) is 10.2. The van der Waals surface area contributed by atoms with Crippen molar-refractivity contribution in [1.82, 2.24) is 10.5 Å². The molecule has 0 aliphatic carbocycles. The number of carbonyl (C=O) groups is 1. The molecule has 1 aromatic rings. The van der Waals surface area contributed by atoms with E-state index in [-0.39, 0.29) is 5.91 Å². The average Bonchev–Trinajstić information content (AvgIpc) is 2.17. The molecule has 0 saturated heterocycles. The Balaban J connectivity index is 2.54. The van der Waals surface area contributed by atoms with Crippen molar-refractivity contribution in [3.63, 3.8) is 0 Å². The lowest BCUT2D eigenvalue weighted by atomic mass is 10.2. The number of nitrogens with zero attached hydrogens (tertiary/aromatic N) is 1. The highest BCUT2D eigenvalue weighted by Gasteiger charge is 1.91. The molecule has 1 heterocycles. The van der Waals surface area contributed by atoms with Crippen molar-refractivity contribution < 1.29 is 9.63 Å². The summed E-state index contributed by atoms with van der Waals surface area (Å²) in [5.74, 6) is -0.292. The van der Waals surface area contributed by atoms with Gasteiger partial charge in [-0.3, -0.25) is 14.6 Å². The summed E-state index contributed by atoms with van der Waals surface area (Å²) in [7, 11) is 1.39. The van der Waals surface area contributed by atoms with Crippen LogP contribution in [0, 0.1) is 0 Å². The van der Waals surface area contributed by atoms with E-state index < -0.39 is 0 Å². The second-order valence-electron chi connectivity index (χ2n) is 2.28. The van der Waals surface area contributed by atoms with Crippen molar-refractivity contribution in [2.24, 2.45) is 0 Å². The Kier molecular flexibility index (Phi) is 3.66.